The number of carbonyl (C=O) groups excluding carboxylic acids is 1. The maximum absolute atomic E-state index is 12.7. The smallest absolute Gasteiger partial charge is 0.387 e. The second kappa shape index (κ2) is 37.2. The molecule has 0 aliphatic heterocycles. The summed E-state index contributed by atoms with van der Waals surface area (Å²) < 4.78 is 22.0. The van der Waals surface area contributed by atoms with Crippen molar-refractivity contribution in [2.75, 3.05) is 19.8 Å². The van der Waals surface area contributed by atoms with Crippen molar-refractivity contribution in [1.29, 1.82) is 0 Å². The van der Waals surface area contributed by atoms with Crippen LogP contribution in [0.5, 0.6) is 0 Å². The third-order valence-electron chi connectivity index (χ3n) is 8.63. The Balaban J connectivity index is 4.36. The third-order valence-corrected chi connectivity index (χ3v) is 9.61. The monoisotopic (exact) mass is 725 g/mol. The molecule has 0 saturated carbocycles. The van der Waals surface area contributed by atoms with Crippen molar-refractivity contribution in [1.82, 2.24) is 5.32 Å². The molecule has 292 valence electrons. The van der Waals surface area contributed by atoms with E-state index in [1.807, 2.05) is 6.08 Å². The first-order valence-electron chi connectivity index (χ1n) is 20.3. The second-order valence-electron chi connectivity index (χ2n) is 13.5. The molecule has 0 aliphatic rings. The number of aliphatic hydroxyl groups excluding tert-OH is 1. The number of unbranched alkanes of at least 4 members (excludes halogenated alkanes) is 19. The fourth-order valence-corrected chi connectivity index (χ4v) is 6.29. The Morgan fingerprint density at radius 1 is 0.660 bits per heavy atom. The summed E-state index contributed by atoms with van der Waals surface area (Å²) >= 11 is 0. The van der Waals surface area contributed by atoms with Gasteiger partial charge in [-0.2, -0.15) is 0 Å². The van der Waals surface area contributed by atoms with E-state index in [9.17, 15) is 19.4 Å². The van der Waals surface area contributed by atoms with Crippen molar-refractivity contribution in [3.05, 3.63) is 48.6 Å². The average Bonchev–Trinajstić information content (AvgIpc) is 3.10. The van der Waals surface area contributed by atoms with Crippen LogP contribution in [0.2, 0.25) is 0 Å². The normalized spacial score (nSPS) is 14.7. The quantitative estimate of drug-likeness (QED) is 0.0285. The van der Waals surface area contributed by atoms with E-state index in [1.54, 1.807) is 6.08 Å². The molecule has 3 unspecified atom stereocenters. The highest BCUT2D eigenvalue weighted by Gasteiger charge is 2.26. The van der Waals surface area contributed by atoms with Crippen molar-refractivity contribution >= 4 is 13.7 Å². The van der Waals surface area contributed by atoms with Gasteiger partial charge in [-0.15, -0.1) is 0 Å². The number of amides is 1. The lowest BCUT2D eigenvalue weighted by atomic mass is 10.1. The molecule has 0 spiro atoms. The zero-order valence-corrected chi connectivity index (χ0v) is 33.0. The zero-order chi connectivity index (χ0) is 36.8. The first kappa shape index (κ1) is 48.5. The third kappa shape index (κ3) is 34.9. The summed E-state index contributed by atoms with van der Waals surface area (Å²) in [6, 6.07) is -0.884. The maximum Gasteiger partial charge on any atom is 0.472 e. The number of hydrogen-bond donors (Lipinski definition) is 4. The van der Waals surface area contributed by atoms with E-state index < -0.39 is 20.0 Å². The highest BCUT2D eigenvalue weighted by Crippen LogP contribution is 2.43. The van der Waals surface area contributed by atoms with Gasteiger partial charge in [0.25, 0.3) is 0 Å². The predicted octanol–water partition coefficient (Wildman–Crippen LogP) is 10.9. The van der Waals surface area contributed by atoms with Crippen LogP contribution in [0.3, 0.4) is 0 Å². The van der Waals surface area contributed by atoms with Gasteiger partial charge in [0.15, 0.2) is 0 Å². The van der Waals surface area contributed by atoms with E-state index in [1.165, 1.54) is 89.9 Å². The van der Waals surface area contributed by atoms with Crippen LogP contribution in [-0.4, -0.2) is 47.8 Å². The lowest BCUT2D eigenvalue weighted by molar-refractivity contribution is -0.123. The van der Waals surface area contributed by atoms with E-state index >= 15 is 0 Å². The van der Waals surface area contributed by atoms with E-state index in [0.29, 0.717) is 6.42 Å². The summed E-state index contributed by atoms with van der Waals surface area (Å²) in [7, 11) is -4.35. The van der Waals surface area contributed by atoms with E-state index in [4.69, 9.17) is 14.8 Å². The highest BCUT2D eigenvalue weighted by molar-refractivity contribution is 7.47. The van der Waals surface area contributed by atoms with Crippen LogP contribution >= 0.6 is 7.82 Å². The molecule has 50 heavy (non-hydrogen) atoms. The van der Waals surface area contributed by atoms with Gasteiger partial charge in [0.05, 0.1) is 25.4 Å². The number of carbonyl (C=O) groups is 1. The Morgan fingerprint density at radius 3 is 1.70 bits per heavy atom. The van der Waals surface area contributed by atoms with Gasteiger partial charge in [0.2, 0.25) is 5.91 Å². The molecule has 8 nitrogen and oxygen atoms in total. The molecule has 5 N–H and O–H groups in total. The second-order valence-corrected chi connectivity index (χ2v) is 14.9. The zero-order valence-electron chi connectivity index (χ0n) is 32.1. The molecular formula is C41H77N2O6P. The summed E-state index contributed by atoms with van der Waals surface area (Å²) in [5.41, 5.74) is 5.36. The summed E-state index contributed by atoms with van der Waals surface area (Å²) in [6.45, 7) is 4.06. The van der Waals surface area contributed by atoms with Crippen LogP contribution in [0.4, 0.5) is 0 Å². The van der Waals surface area contributed by atoms with Crippen LogP contribution in [0, 0.1) is 0 Å². The Morgan fingerprint density at radius 2 is 1.12 bits per heavy atom. The van der Waals surface area contributed by atoms with Gasteiger partial charge < -0.3 is 21.1 Å². The minimum Gasteiger partial charge on any atom is -0.387 e. The van der Waals surface area contributed by atoms with Gasteiger partial charge >= 0.3 is 7.82 Å². The fourth-order valence-electron chi connectivity index (χ4n) is 5.53. The maximum atomic E-state index is 12.7. The van der Waals surface area contributed by atoms with E-state index in [0.717, 1.165) is 64.2 Å². The Kier molecular flexibility index (Phi) is 36.1. The number of rotatable bonds is 37. The number of nitrogens with one attached hydrogen (secondary N) is 1. The number of allylic oxidation sites excluding steroid dienone is 7. The minimum absolute atomic E-state index is 0.0701. The highest BCUT2D eigenvalue weighted by atomic mass is 31.2. The standard InChI is InChI=1S/C41H77N2O6P/c1-3-5-7-9-11-13-15-17-19-21-22-24-26-28-30-32-34-40(44)39(38-49-50(46,47)48-37-36-42)43-41(45)35-33-31-29-27-25-23-20-18-16-14-12-10-8-6-4-2/h12,14,18,20,24,26,32,34,39-40,44H,3-11,13,15-17,19,21-23,25,27-31,33,35-38,42H2,1-2H3,(H,43,45)(H,46,47)/b14-12-,20-18-,26-24+,34-32+. The molecule has 0 bridgehead atoms. The van der Waals surface area contributed by atoms with Crippen LogP contribution in [0.25, 0.3) is 0 Å². The molecule has 0 aliphatic carbocycles. The van der Waals surface area contributed by atoms with Crippen molar-refractivity contribution in [2.24, 2.45) is 5.73 Å². The predicted molar refractivity (Wildman–Crippen MR) is 212 cm³/mol. The van der Waals surface area contributed by atoms with E-state index in [-0.39, 0.29) is 25.7 Å². The van der Waals surface area contributed by atoms with Gasteiger partial charge in [-0.3, -0.25) is 13.8 Å². The SMILES string of the molecule is CCCCC/C=C\C/C=C\CCCCCCCC(=O)NC(COP(=O)(O)OCCN)C(O)/C=C/CC/C=C/CCCCCCCCCCCC. The van der Waals surface area contributed by atoms with Gasteiger partial charge in [-0.05, 0) is 64.2 Å². The van der Waals surface area contributed by atoms with Crippen molar-refractivity contribution in [3.8, 4) is 0 Å². The van der Waals surface area contributed by atoms with Gasteiger partial charge in [-0.25, -0.2) is 4.57 Å². The molecule has 0 fully saturated rings. The van der Waals surface area contributed by atoms with Crippen molar-refractivity contribution in [3.63, 3.8) is 0 Å². The summed E-state index contributed by atoms with van der Waals surface area (Å²) in [5, 5.41) is 13.6. The Hall–Kier alpha value is -1.54. The van der Waals surface area contributed by atoms with E-state index in [2.05, 4.69) is 55.6 Å². The van der Waals surface area contributed by atoms with Gasteiger partial charge in [-0.1, -0.05) is 152 Å². The Labute approximate surface area is 307 Å². The molecule has 0 saturated heterocycles. The van der Waals surface area contributed by atoms with Crippen molar-refractivity contribution in [2.45, 2.75) is 187 Å². The lowest BCUT2D eigenvalue weighted by Crippen LogP contribution is -2.45. The molecule has 0 aromatic heterocycles. The van der Waals surface area contributed by atoms with Gasteiger partial charge in [0, 0.05) is 13.0 Å². The number of hydrogen-bond acceptors (Lipinski definition) is 6. The molecule has 9 heteroatoms. The summed E-state index contributed by atoms with van der Waals surface area (Å²) in [5.74, 6) is -0.220. The molecule has 3 atom stereocenters. The Bertz CT molecular complexity index is 923. The largest absolute Gasteiger partial charge is 0.472 e. The first-order chi connectivity index (χ1) is 24.4. The van der Waals surface area contributed by atoms with Crippen LogP contribution < -0.4 is 11.1 Å². The minimum atomic E-state index is -4.35. The first-order valence-corrected chi connectivity index (χ1v) is 21.8. The number of phosphoric ester groups is 1. The summed E-state index contributed by atoms with van der Waals surface area (Å²) in [4.78, 5) is 22.6. The number of nitrogens with two attached hydrogens (primary N) is 1. The molecule has 0 radical (unpaired) electrons. The van der Waals surface area contributed by atoms with Crippen LogP contribution in [0.15, 0.2) is 48.6 Å². The number of phosphoric acid groups is 1. The lowest BCUT2D eigenvalue weighted by Gasteiger charge is -2.23. The molecule has 0 aromatic carbocycles. The van der Waals surface area contributed by atoms with Crippen LogP contribution in [-0.2, 0) is 18.4 Å². The summed E-state index contributed by atoms with van der Waals surface area (Å²) in [6.07, 6.45) is 44.4. The molecular weight excluding hydrogens is 647 g/mol. The fraction of sp³-hybridized carbons (Fsp3) is 0.780. The molecule has 0 rings (SSSR count). The molecule has 0 heterocycles. The average molecular weight is 725 g/mol. The van der Waals surface area contributed by atoms with Gasteiger partial charge in [0.1, 0.15) is 0 Å². The van der Waals surface area contributed by atoms with Crippen LogP contribution in [0.1, 0.15) is 174 Å². The van der Waals surface area contributed by atoms with Crippen molar-refractivity contribution < 1.29 is 28.4 Å². The molecule has 0 aromatic rings. The molecule has 1 amide bonds. The number of aliphatic hydroxyl groups is 1. The topological polar surface area (TPSA) is 131 Å².